The second kappa shape index (κ2) is 6.07. The Morgan fingerprint density at radius 1 is 1.05 bits per heavy atom. The molecule has 0 aliphatic heterocycles. The summed E-state index contributed by atoms with van der Waals surface area (Å²) in [7, 11) is 0. The fraction of sp³-hybridized carbons (Fsp3) is 0.429. The van der Waals surface area contributed by atoms with Gasteiger partial charge < -0.3 is 5.32 Å². The van der Waals surface area contributed by atoms with Gasteiger partial charge in [-0.3, -0.25) is 0 Å². The standard InChI is InChI=1S/C14H16F3N3/c1-10-11-6-2-3-7-12(11)13(20-19-10)18-9-5-4-8-14(15,16)17/h2-3,6-7H,4-5,8-9H2,1H3,(H,18,20). The van der Waals surface area contributed by atoms with Crippen LogP contribution < -0.4 is 5.32 Å². The lowest BCUT2D eigenvalue weighted by molar-refractivity contribution is -0.135. The fourth-order valence-corrected chi connectivity index (χ4v) is 2.03. The van der Waals surface area contributed by atoms with E-state index in [1.54, 1.807) is 0 Å². The third-order valence-electron chi connectivity index (χ3n) is 3.05. The molecule has 0 aliphatic rings. The van der Waals surface area contributed by atoms with Crippen LogP contribution in [0, 0.1) is 6.92 Å². The molecule has 0 atom stereocenters. The molecule has 1 N–H and O–H groups in total. The molecule has 0 spiro atoms. The number of benzene rings is 1. The molecule has 3 nitrogen and oxygen atoms in total. The molecular formula is C14H16F3N3. The van der Waals surface area contributed by atoms with Crippen LogP contribution in [-0.4, -0.2) is 22.9 Å². The van der Waals surface area contributed by atoms with Gasteiger partial charge in [-0.15, -0.1) is 5.10 Å². The molecule has 0 bridgehead atoms. The Morgan fingerprint density at radius 2 is 1.75 bits per heavy atom. The van der Waals surface area contributed by atoms with Crippen LogP contribution in [0.25, 0.3) is 10.8 Å². The zero-order valence-electron chi connectivity index (χ0n) is 11.2. The number of hydrogen-bond acceptors (Lipinski definition) is 3. The van der Waals surface area contributed by atoms with Crippen LogP contribution in [0.4, 0.5) is 19.0 Å². The van der Waals surface area contributed by atoms with Crippen molar-refractivity contribution in [1.82, 2.24) is 10.2 Å². The molecule has 2 rings (SSSR count). The summed E-state index contributed by atoms with van der Waals surface area (Å²) in [5.41, 5.74) is 0.836. The van der Waals surface area contributed by atoms with Crippen molar-refractivity contribution in [3.8, 4) is 0 Å². The first-order valence-corrected chi connectivity index (χ1v) is 6.50. The van der Waals surface area contributed by atoms with Gasteiger partial charge in [-0.05, 0) is 19.8 Å². The molecule has 0 radical (unpaired) electrons. The van der Waals surface area contributed by atoms with Gasteiger partial charge in [0.1, 0.15) is 0 Å². The van der Waals surface area contributed by atoms with Crippen molar-refractivity contribution < 1.29 is 13.2 Å². The Balaban J connectivity index is 1.95. The van der Waals surface area contributed by atoms with Crippen molar-refractivity contribution in [3.05, 3.63) is 30.0 Å². The Kier molecular flexibility index (Phi) is 4.42. The van der Waals surface area contributed by atoms with E-state index in [0.717, 1.165) is 16.5 Å². The van der Waals surface area contributed by atoms with Gasteiger partial charge in [0.05, 0.1) is 5.69 Å². The minimum Gasteiger partial charge on any atom is -0.368 e. The monoisotopic (exact) mass is 283 g/mol. The average Bonchev–Trinajstić information content (AvgIpc) is 2.40. The van der Waals surface area contributed by atoms with E-state index in [-0.39, 0.29) is 6.42 Å². The normalized spacial score (nSPS) is 11.8. The number of rotatable bonds is 5. The van der Waals surface area contributed by atoms with Gasteiger partial charge in [-0.1, -0.05) is 24.3 Å². The number of alkyl halides is 3. The molecule has 1 heterocycles. The van der Waals surface area contributed by atoms with Crippen molar-refractivity contribution in [2.24, 2.45) is 0 Å². The molecule has 0 aliphatic carbocycles. The van der Waals surface area contributed by atoms with Gasteiger partial charge in [0, 0.05) is 23.7 Å². The lowest BCUT2D eigenvalue weighted by atomic mass is 10.1. The Labute approximate surface area is 115 Å². The predicted molar refractivity (Wildman–Crippen MR) is 72.7 cm³/mol. The number of hydrogen-bond donors (Lipinski definition) is 1. The summed E-state index contributed by atoms with van der Waals surface area (Å²) >= 11 is 0. The van der Waals surface area contributed by atoms with E-state index in [4.69, 9.17) is 0 Å². The molecule has 0 saturated heterocycles. The van der Waals surface area contributed by atoms with Crippen LogP contribution in [0.3, 0.4) is 0 Å². The molecule has 0 unspecified atom stereocenters. The fourth-order valence-electron chi connectivity index (χ4n) is 2.03. The Bertz CT molecular complexity index is 581. The second-order valence-corrected chi connectivity index (χ2v) is 4.68. The van der Waals surface area contributed by atoms with Crippen LogP contribution >= 0.6 is 0 Å². The van der Waals surface area contributed by atoms with Crippen LogP contribution in [0.2, 0.25) is 0 Å². The summed E-state index contributed by atoms with van der Waals surface area (Å²) in [5, 5.41) is 13.1. The quantitative estimate of drug-likeness (QED) is 0.840. The predicted octanol–water partition coefficient (Wildman–Crippen LogP) is 4.08. The molecule has 1 aromatic heterocycles. The molecule has 2 aromatic rings. The third kappa shape index (κ3) is 3.82. The van der Waals surface area contributed by atoms with Crippen LogP contribution in [0.1, 0.15) is 25.0 Å². The number of aromatic nitrogens is 2. The largest absolute Gasteiger partial charge is 0.389 e. The maximum atomic E-state index is 12.0. The topological polar surface area (TPSA) is 37.8 Å². The van der Waals surface area contributed by atoms with E-state index in [1.807, 2.05) is 31.2 Å². The van der Waals surface area contributed by atoms with E-state index >= 15 is 0 Å². The second-order valence-electron chi connectivity index (χ2n) is 4.68. The van der Waals surface area contributed by atoms with Gasteiger partial charge in [0.2, 0.25) is 0 Å². The van der Waals surface area contributed by atoms with Gasteiger partial charge in [-0.25, -0.2) is 0 Å². The lowest BCUT2D eigenvalue weighted by Gasteiger charge is -2.10. The van der Waals surface area contributed by atoms with Gasteiger partial charge in [0.25, 0.3) is 0 Å². The maximum absolute atomic E-state index is 12.0. The smallest absolute Gasteiger partial charge is 0.368 e. The molecule has 0 saturated carbocycles. The molecular weight excluding hydrogens is 267 g/mol. The molecule has 0 amide bonds. The zero-order valence-corrected chi connectivity index (χ0v) is 11.2. The summed E-state index contributed by atoms with van der Waals surface area (Å²) in [6, 6.07) is 7.70. The highest BCUT2D eigenvalue weighted by atomic mass is 19.4. The van der Waals surface area contributed by atoms with Gasteiger partial charge in [0.15, 0.2) is 5.82 Å². The number of aryl methyl sites for hydroxylation is 1. The summed E-state index contributed by atoms with van der Waals surface area (Å²) in [6.45, 7) is 2.33. The number of nitrogens with one attached hydrogen (secondary N) is 1. The van der Waals surface area contributed by atoms with Crippen molar-refractivity contribution in [2.75, 3.05) is 11.9 Å². The van der Waals surface area contributed by atoms with Crippen LogP contribution in [0.5, 0.6) is 0 Å². The highest BCUT2D eigenvalue weighted by Crippen LogP contribution is 2.24. The molecule has 0 fully saturated rings. The molecule has 108 valence electrons. The van der Waals surface area contributed by atoms with E-state index < -0.39 is 12.6 Å². The first kappa shape index (κ1) is 14.6. The average molecular weight is 283 g/mol. The molecule has 1 aromatic carbocycles. The minimum absolute atomic E-state index is 0.119. The van der Waals surface area contributed by atoms with Crippen LogP contribution in [-0.2, 0) is 0 Å². The third-order valence-corrected chi connectivity index (χ3v) is 3.05. The van der Waals surface area contributed by atoms with Crippen molar-refractivity contribution in [3.63, 3.8) is 0 Å². The Morgan fingerprint density at radius 3 is 2.45 bits per heavy atom. The first-order chi connectivity index (χ1) is 9.47. The lowest BCUT2D eigenvalue weighted by Crippen LogP contribution is -2.09. The van der Waals surface area contributed by atoms with Crippen molar-refractivity contribution in [1.29, 1.82) is 0 Å². The SMILES string of the molecule is Cc1nnc(NCCCCC(F)(F)F)c2ccccc12. The van der Waals surface area contributed by atoms with Gasteiger partial charge in [-0.2, -0.15) is 18.3 Å². The number of nitrogens with zero attached hydrogens (tertiary/aromatic N) is 2. The molecule has 6 heteroatoms. The van der Waals surface area contributed by atoms with Crippen molar-refractivity contribution >= 4 is 16.6 Å². The van der Waals surface area contributed by atoms with Crippen molar-refractivity contribution in [2.45, 2.75) is 32.4 Å². The highest BCUT2D eigenvalue weighted by molar-refractivity contribution is 5.92. The van der Waals surface area contributed by atoms with E-state index in [0.29, 0.717) is 18.8 Å². The van der Waals surface area contributed by atoms with Gasteiger partial charge >= 0.3 is 6.18 Å². The molecule has 20 heavy (non-hydrogen) atoms. The first-order valence-electron chi connectivity index (χ1n) is 6.50. The minimum atomic E-state index is -4.07. The highest BCUT2D eigenvalue weighted by Gasteiger charge is 2.25. The number of anilines is 1. The number of halogens is 3. The Hall–Kier alpha value is -1.85. The summed E-state index contributed by atoms with van der Waals surface area (Å²) in [5.74, 6) is 0.623. The number of unbranched alkanes of at least 4 members (excludes halogenated alkanes) is 1. The van der Waals surface area contributed by atoms with E-state index in [9.17, 15) is 13.2 Å². The zero-order chi connectivity index (χ0) is 14.6. The van der Waals surface area contributed by atoms with E-state index in [1.165, 1.54) is 0 Å². The summed E-state index contributed by atoms with van der Waals surface area (Å²) < 4.78 is 36.0. The van der Waals surface area contributed by atoms with E-state index in [2.05, 4.69) is 15.5 Å². The van der Waals surface area contributed by atoms with Crippen LogP contribution in [0.15, 0.2) is 24.3 Å². The summed E-state index contributed by atoms with van der Waals surface area (Å²) in [6.07, 6.45) is -4.25. The number of fused-ring (bicyclic) bond motifs is 1. The maximum Gasteiger partial charge on any atom is 0.389 e. The summed E-state index contributed by atoms with van der Waals surface area (Å²) in [4.78, 5) is 0.